The van der Waals surface area contributed by atoms with E-state index in [-0.39, 0.29) is 18.7 Å². The Hall–Kier alpha value is -5.59. The standard InChI is InChI=1S/C40H48N8O9/c1-22(49)32(45-39(52)54-3)20-57-48-14-15-56-21-34(48)37-42-29-12-11-27(18-30(29)43-37)25-7-8-26-17-28(10-9-24(26)16-25)31-19-41-36(44-31)33-6-5-13-47(33)38(51)35(23(2)50)46-40(53)55-4/h7-12,16-19,22-23,32-35,49-50H,5-6,13-15,20-21H2,1-4H3,(H,41,44)(H,42,43)(H,45,52)(H,46,53)/t22-,23-,32-,33+,34+,35+/m1/s1. The molecule has 0 aliphatic carbocycles. The molecular formula is C40H48N8O9. The molecule has 3 amide bonds. The van der Waals surface area contributed by atoms with E-state index in [4.69, 9.17) is 14.6 Å². The lowest BCUT2D eigenvalue weighted by molar-refractivity contribution is -0.234. The van der Waals surface area contributed by atoms with Crippen LogP contribution in [0.2, 0.25) is 0 Å². The van der Waals surface area contributed by atoms with Crippen molar-refractivity contribution in [1.29, 1.82) is 0 Å². The highest BCUT2D eigenvalue weighted by molar-refractivity contribution is 5.92. The van der Waals surface area contributed by atoms with E-state index in [2.05, 4.69) is 71.5 Å². The number of likely N-dealkylation sites (tertiary alicyclic amines) is 1. The van der Waals surface area contributed by atoms with Crippen LogP contribution in [0.15, 0.2) is 60.8 Å². The number of aliphatic hydroxyl groups is 2. The molecule has 7 rings (SSSR count). The van der Waals surface area contributed by atoms with Crippen LogP contribution in [0.4, 0.5) is 9.59 Å². The Morgan fingerprint density at radius 2 is 1.58 bits per heavy atom. The lowest BCUT2D eigenvalue weighted by Gasteiger charge is -2.34. The van der Waals surface area contributed by atoms with Crippen LogP contribution >= 0.6 is 0 Å². The average Bonchev–Trinajstić information content (AvgIpc) is 4.00. The molecule has 2 fully saturated rings. The second-order valence-corrected chi connectivity index (χ2v) is 14.4. The van der Waals surface area contributed by atoms with Gasteiger partial charge in [0.25, 0.3) is 0 Å². The maximum absolute atomic E-state index is 13.4. The molecule has 302 valence electrons. The third kappa shape index (κ3) is 8.72. The van der Waals surface area contributed by atoms with Gasteiger partial charge in [0.15, 0.2) is 0 Å². The Balaban J connectivity index is 1.05. The van der Waals surface area contributed by atoms with Gasteiger partial charge in [0, 0.05) is 18.7 Å². The summed E-state index contributed by atoms with van der Waals surface area (Å²) in [7, 11) is 2.47. The van der Waals surface area contributed by atoms with Crippen molar-refractivity contribution in [3.63, 3.8) is 0 Å². The number of rotatable bonds is 12. The number of ether oxygens (including phenoxy) is 3. The summed E-state index contributed by atoms with van der Waals surface area (Å²) in [6, 6.07) is 16.1. The number of nitrogens with zero attached hydrogens (tertiary/aromatic N) is 4. The Morgan fingerprint density at radius 3 is 2.32 bits per heavy atom. The van der Waals surface area contributed by atoms with Gasteiger partial charge in [-0.3, -0.25) is 9.63 Å². The van der Waals surface area contributed by atoms with Crippen LogP contribution in [0, 0.1) is 0 Å². The molecule has 0 saturated carbocycles. The van der Waals surface area contributed by atoms with E-state index in [9.17, 15) is 24.6 Å². The highest BCUT2D eigenvalue weighted by Gasteiger charge is 2.38. The van der Waals surface area contributed by atoms with E-state index in [1.165, 1.54) is 21.1 Å². The first-order valence-electron chi connectivity index (χ1n) is 18.9. The third-order valence-electron chi connectivity index (χ3n) is 10.5. The summed E-state index contributed by atoms with van der Waals surface area (Å²) < 4.78 is 15.1. The van der Waals surface area contributed by atoms with Crippen LogP contribution in [0.25, 0.3) is 44.2 Å². The zero-order valence-corrected chi connectivity index (χ0v) is 32.2. The number of imidazole rings is 2. The number of morpholine rings is 1. The van der Waals surface area contributed by atoms with Crippen molar-refractivity contribution >= 4 is 39.9 Å². The van der Waals surface area contributed by atoms with Crippen molar-refractivity contribution < 1.29 is 43.6 Å². The van der Waals surface area contributed by atoms with Crippen LogP contribution in [0.5, 0.6) is 0 Å². The van der Waals surface area contributed by atoms with Gasteiger partial charge in [0.2, 0.25) is 5.91 Å². The number of methoxy groups -OCH3 is 2. The molecule has 2 aliphatic rings. The van der Waals surface area contributed by atoms with Crippen LogP contribution in [-0.2, 0) is 23.8 Å². The number of carbonyl (C=O) groups is 3. The number of carbonyl (C=O) groups excluding carboxylic acids is 3. The van der Waals surface area contributed by atoms with E-state index >= 15 is 0 Å². The number of nitrogens with one attached hydrogen (secondary N) is 4. The lowest BCUT2D eigenvalue weighted by atomic mass is 9.99. The monoisotopic (exact) mass is 784 g/mol. The molecule has 57 heavy (non-hydrogen) atoms. The van der Waals surface area contributed by atoms with Gasteiger partial charge in [0.1, 0.15) is 23.7 Å². The van der Waals surface area contributed by atoms with Gasteiger partial charge in [-0.1, -0.05) is 30.3 Å². The van der Waals surface area contributed by atoms with E-state index < -0.39 is 42.4 Å². The Kier molecular flexibility index (Phi) is 12.0. The second-order valence-electron chi connectivity index (χ2n) is 14.4. The van der Waals surface area contributed by atoms with Gasteiger partial charge >= 0.3 is 12.2 Å². The van der Waals surface area contributed by atoms with Crippen molar-refractivity contribution in [1.82, 2.24) is 40.5 Å². The maximum atomic E-state index is 13.4. The minimum atomic E-state index is -1.14. The molecular weight excluding hydrogens is 736 g/mol. The fourth-order valence-electron chi connectivity index (χ4n) is 7.33. The minimum absolute atomic E-state index is 0.0340. The molecule has 3 aromatic carbocycles. The number of alkyl carbamates (subject to hydrolysis) is 2. The van der Waals surface area contributed by atoms with Crippen molar-refractivity contribution in [2.45, 2.75) is 63.1 Å². The molecule has 17 nitrogen and oxygen atoms in total. The lowest BCUT2D eigenvalue weighted by Crippen LogP contribution is -2.53. The van der Waals surface area contributed by atoms with Crippen LogP contribution in [0.3, 0.4) is 0 Å². The van der Waals surface area contributed by atoms with Crippen LogP contribution < -0.4 is 10.6 Å². The number of amides is 3. The fourth-order valence-corrected chi connectivity index (χ4v) is 7.33. The predicted molar refractivity (Wildman–Crippen MR) is 209 cm³/mol. The number of hydroxylamine groups is 2. The Bertz CT molecular complexity index is 2220. The van der Waals surface area contributed by atoms with Crippen molar-refractivity contribution in [3.8, 4) is 22.4 Å². The van der Waals surface area contributed by atoms with Crippen LogP contribution in [0.1, 0.15) is 50.4 Å². The normalized spacial score (nSPS) is 19.6. The molecule has 2 aromatic heterocycles. The zero-order chi connectivity index (χ0) is 40.2. The molecule has 0 spiro atoms. The number of aromatic nitrogens is 4. The molecule has 0 radical (unpaired) electrons. The third-order valence-corrected chi connectivity index (χ3v) is 10.5. The number of H-pyrrole nitrogens is 2. The minimum Gasteiger partial charge on any atom is -0.453 e. The largest absolute Gasteiger partial charge is 0.453 e. The fraction of sp³-hybridized carbons (Fsp3) is 0.425. The smallest absolute Gasteiger partial charge is 0.407 e. The van der Waals surface area contributed by atoms with Gasteiger partial charge < -0.3 is 49.9 Å². The maximum Gasteiger partial charge on any atom is 0.407 e. The summed E-state index contributed by atoms with van der Waals surface area (Å²) in [5.41, 5.74) is 5.45. The number of benzene rings is 3. The first-order valence-corrected chi connectivity index (χ1v) is 18.9. The number of aliphatic hydroxyl groups excluding tert-OH is 2. The van der Waals surface area contributed by atoms with Gasteiger partial charge in [-0.05, 0) is 72.9 Å². The number of hydrogen-bond acceptors (Lipinski definition) is 12. The summed E-state index contributed by atoms with van der Waals surface area (Å²) >= 11 is 0. The van der Waals surface area contributed by atoms with E-state index in [1.807, 2.05) is 18.2 Å². The summed E-state index contributed by atoms with van der Waals surface area (Å²) in [6.07, 6.45) is -0.191. The zero-order valence-electron chi connectivity index (χ0n) is 32.2. The summed E-state index contributed by atoms with van der Waals surface area (Å²) in [6.45, 7) is 4.83. The van der Waals surface area contributed by atoms with Gasteiger partial charge in [-0.25, -0.2) is 19.6 Å². The topological polar surface area (TPSA) is 216 Å². The van der Waals surface area contributed by atoms with Gasteiger partial charge in [-0.15, -0.1) is 0 Å². The molecule has 6 N–H and O–H groups in total. The average molecular weight is 785 g/mol. The SMILES string of the molecule is COC(=O)N[C@H](C(=O)N1CCC[C@H]1c1ncc(-c2ccc3cc(-c4ccc5nc([C@@H]6COCCN6OC[C@@H](NC(=O)OC)[C@@H](C)O)[nH]c5c4)ccc3c2)[nH]1)[C@@H](C)O. The molecule has 6 atom stereocenters. The summed E-state index contributed by atoms with van der Waals surface area (Å²) in [5, 5.41) is 29.3. The van der Waals surface area contributed by atoms with E-state index in [0.717, 1.165) is 50.6 Å². The molecule has 0 unspecified atom stereocenters. The number of hydrogen-bond donors (Lipinski definition) is 6. The van der Waals surface area contributed by atoms with Gasteiger partial charge in [0.05, 0.1) is 81.3 Å². The highest BCUT2D eigenvalue weighted by atomic mass is 16.7. The summed E-state index contributed by atoms with van der Waals surface area (Å²) in [4.78, 5) is 61.1. The Morgan fingerprint density at radius 1 is 0.877 bits per heavy atom. The predicted octanol–water partition coefficient (Wildman–Crippen LogP) is 3.95. The molecule has 0 bridgehead atoms. The molecule has 4 heterocycles. The molecule has 2 aliphatic heterocycles. The number of fused-ring (bicyclic) bond motifs is 2. The van der Waals surface area contributed by atoms with Crippen molar-refractivity contribution in [2.24, 2.45) is 0 Å². The molecule has 2 saturated heterocycles. The van der Waals surface area contributed by atoms with E-state index in [1.54, 1.807) is 23.1 Å². The molecule has 5 aromatic rings. The first kappa shape index (κ1) is 39.6. The highest BCUT2D eigenvalue weighted by Crippen LogP contribution is 2.34. The second kappa shape index (κ2) is 17.3. The quantitative estimate of drug-likeness (QED) is 0.106. The molecule has 17 heteroatoms. The summed E-state index contributed by atoms with van der Waals surface area (Å²) in [5.74, 6) is 0.923. The van der Waals surface area contributed by atoms with Gasteiger partial charge in [-0.2, -0.15) is 5.06 Å². The van der Waals surface area contributed by atoms with Crippen LogP contribution in [-0.4, -0.2) is 130 Å². The van der Waals surface area contributed by atoms with E-state index in [0.29, 0.717) is 44.4 Å². The van der Waals surface area contributed by atoms with Crippen molar-refractivity contribution in [3.05, 3.63) is 72.4 Å². The first-order chi connectivity index (χ1) is 27.5. The Labute approximate surface area is 328 Å². The van der Waals surface area contributed by atoms with Crippen molar-refractivity contribution in [2.75, 3.05) is 47.1 Å². The number of aromatic amines is 2.